The number of hydrogen-bond acceptors (Lipinski definition) is 7. The van der Waals surface area contributed by atoms with E-state index in [1.54, 1.807) is 0 Å². The van der Waals surface area contributed by atoms with E-state index in [1.807, 2.05) is 0 Å². The molecule has 10 heteroatoms. The number of amides is 1. The van der Waals surface area contributed by atoms with Crippen molar-refractivity contribution in [1.29, 1.82) is 0 Å². The van der Waals surface area contributed by atoms with Crippen molar-refractivity contribution in [2.45, 2.75) is 6.67 Å². The maximum Gasteiger partial charge on any atom is 0.341 e. The molecule has 0 bridgehead atoms. The number of carboxylic acid groups (broad SMARTS) is 1. The Morgan fingerprint density at radius 2 is 2.09 bits per heavy atom. The molecule has 1 aromatic rings. The van der Waals surface area contributed by atoms with Crippen molar-refractivity contribution in [2.24, 2.45) is 0 Å². The fraction of sp³-hybridized carbons (Fsp3) is 0.417. The third-order valence-corrected chi connectivity index (χ3v) is 3.25. The number of carbonyl (C=O) groups is 2. The highest BCUT2D eigenvalue weighted by Gasteiger charge is 2.34. The highest BCUT2D eigenvalue weighted by Crippen LogP contribution is 2.22. The topological polar surface area (TPSA) is 133 Å². The van der Waals surface area contributed by atoms with Crippen molar-refractivity contribution in [3.8, 4) is 5.75 Å². The predicted molar refractivity (Wildman–Crippen MR) is 71.2 cm³/mol. The number of aliphatic hydroxyl groups is 1. The SMILES string of the molecule is COCCN1C(=O)c2c(O)c(=O)c(C(=O)O)cn2CN1CO. The molecule has 22 heavy (non-hydrogen) atoms. The fourth-order valence-electron chi connectivity index (χ4n) is 2.18. The van der Waals surface area contributed by atoms with Crippen LogP contribution in [-0.2, 0) is 11.4 Å². The fourth-order valence-corrected chi connectivity index (χ4v) is 2.18. The lowest BCUT2D eigenvalue weighted by atomic mass is 10.2. The molecule has 10 nitrogen and oxygen atoms in total. The Bertz CT molecular complexity index is 669. The van der Waals surface area contributed by atoms with Gasteiger partial charge in [0, 0.05) is 13.3 Å². The Balaban J connectivity index is 2.55. The van der Waals surface area contributed by atoms with E-state index >= 15 is 0 Å². The Labute approximate surface area is 124 Å². The monoisotopic (exact) mass is 313 g/mol. The molecule has 0 saturated heterocycles. The molecule has 0 aromatic carbocycles. The van der Waals surface area contributed by atoms with E-state index in [0.29, 0.717) is 0 Å². The highest BCUT2D eigenvalue weighted by molar-refractivity contribution is 5.97. The standard InChI is InChI=1S/C12H15N3O7/c1-22-3-2-15-11(19)8-10(18)9(17)7(12(20)21)4-13(8)5-14(15)6-16/h4,16,18H,2-3,5-6H2,1H3,(H,20,21). The van der Waals surface area contributed by atoms with Crippen LogP contribution in [0.2, 0.25) is 0 Å². The van der Waals surface area contributed by atoms with Gasteiger partial charge in [-0.05, 0) is 0 Å². The van der Waals surface area contributed by atoms with E-state index in [4.69, 9.17) is 9.84 Å². The second-order valence-corrected chi connectivity index (χ2v) is 4.55. The molecule has 1 aliphatic rings. The van der Waals surface area contributed by atoms with Crippen LogP contribution < -0.4 is 5.43 Å². The number of carboxylic acids is 1. The number of fused-ring (bicyclic) bond motifs is 1. The molecule has 0 unspecified atom stereocenters. The summed E-state index contributed by atoms with van der Waals surface area (Å²) >= 11 is 0. The minimum atomic E-state index is -1.51. The van der Waals surface area contributed by atoms with Crippen molar-refractivity contribution >= 4 is 11.9 Å². The van der Waals surface area contributed by atoms with Gasteiger partial charge in [-0.15, -0.1) is 0 Å². The van der Waals surface area contributed by atoms with Crippen LogP contribution in [0.15, 0.2) is 11.0 Å². The first-order valence-electron chi connectivity index (χ1n) is 6.28. The number of methoxy groups -OCH3 is 1. The predicted octanol–water partition coefficient (Wildman–Crippen LogP) is -1.52. The molecule has 0 aliphatic carbocycles. The van der Waals surface area contributed by atoms with Gasteiger partial charge in [0.25, 0.3) is 5.91 Å². The molecular formula is C12H15N3O7. The van der Waals surface area contributed by atoms with Crippen LogP contribution in [0.1, 0.15) is 20.8 Å². The van der Waals surface area contributed by atoms with Gasteiger partial charge in [-0.2, -0.15) is 5.01 Å². The average Bonchev–Trinajstić information content (AvgIpc) is 2.48. The number of aliphatic hydroxyl groups excluding tert-OH is 1. The second kappa shape index (κ2) is 6.13. The molecule has 2 rings (SSSR count). The second-order valence-electron chi connectivity index (χ2n) is 4.55. The first-order chi connectivity index (χ1) is 10.4. The summed E-state index contributed by atoms with van der Waals surface area (Å²) in [6.07, 6.45) is 0.966. The molecule has 0 spiro atoms. The van der Waals surface area contributed by atoms with Crippen molar-refractivity contribution in [3.63, 3.8) is 0 Å². The molecule has 0 radical (unpaired) electrons. The number of aromatic nitrogens is 1. The van der Waals surface area contributed by atoms with Gasteiger partial charge >= 0.3 is 5.97 Å². The number of nitrogens with zero attached hydrogens (tertiary/aromatic N) is 3. The molecule has 1 aromatic heterocycles. The number of hydrogen-bond donors (Lipinski definition) is 3. The lowest BCUT2D eigenvalue weighted by Gasteiger charge is -2.38. The van der Waals surface area contributed by atoms with E-state index in [9.17, 15) is 24.6 Å². The van der Waals surface area contributed by atoms with Crippen LogP contribution in [0.5, 0.6) is 5.75 Å². The number of pyridine rings is 1. The number of ether oxygens (including phenoxy) is 1. The summed E-state index contributed by atoms with van der Waals surface area (Å²) in [6.45, 7) is -0.329. The highest BCUT2D eigenvalue weighted by atomic mass is 16.5. The van der Waals surface area contributed by atoms with Gasteiger partial charge in [0.05, 0.1) is 19.8 Å². The summed E-state index contributed by atoms with van der Waals surface area (Å²) < 4.78 is 5.98. The number of hydrazine groups is 1. The maximum absolute atomic E-state index is 12.4. The molecule has 1 amide bonds. The van der Waals surface area contributed by atoms with Crippen LogP contribution in [0.3, 0.4) is 0 Å². The summed E-state index contributed by atoms with van der Waals surface area (Å²) in [5, 5.41) is 30.5. The molecule has 2 heterocycles. The van der Waals surface area contributed by atoms with Crippen LogP contribution in [0.25, 0.3) is 0 Å². The number of carbonyl (C=O) groups excluding carboxylic acids is 1. The van der Waals surface area contributed by atoms with Gasteiger partial charge < -0.3 is 24.6 Å². The number of aromatic carboxylic acids is 1. The van der Waals surface area contributed by atoms with Crippen molar-refractivity contribution in [3.05, 3.63) is 27.7 Å². The Morgan fingerprint density at radius 1 is 1.41 bits per heavy atom. The largest absolute Gasteiger partial charge is 0.503 e. The smallest absolute Gasteiger partial charge is 0.341 e. The minimum absolute atomic E-state index is 0.101. The summed E-state index contributed by atoms with van der Waals surface area (Å²) in [5.41, 5.74) is -2.11. The zero-order valence-corrected chi connectivity index (χ0v) is 11.7. The van der Waals surface area contributed by atoms with E-state index in [0.717, 1.165) is 15.8 Å². The first kappa shape index (κ1) is 15.9. The third-order valence-electron chi connectivity index (χ3n) is 3.25. The van der Waals surface area contributed by atoms with E-state index in [2.05, 4.69) is 0 Å². The minimum Gasteiger partial charge on any atom is -0.503 e. The van der Waals surface area contributed by atoms with Crippen LogP contribution in [0, 0.1) is 0 Å². The van der Waals surface area contributed by atoms with Crippen LogP contribution in [-0.4, -0.2) is 68.8 Å². The van der Waals surface area contributed by atoms with Gasteiger partial charge in [0.1, 0.15) is 12.3 Å². The van der Waals surface area contributed by atoms with E-state index in [-0.39, 0.29) is 25.5 Å². The Kier molecular flexibility index (Phi) is 4.45. The average molecular weight is 313 g/mol. The van der Waals surface area contributed by atoms with Gasteiger partial charge in [0.2, 0.25) is 5.43 Å². The molecule has 3 N–H and O–H groups in total. The van der Waals surface area contributed by atoms with Gasteiger partial charge in [-0.1, -0.05) is 0 Å². The molecule has 0 fully saturated rings. The Morgan fingerprint density at radius 3 is 2.64 bits per heavy atom. The lowest BCUT2D eigenvalue weighted by molar-refractivity contribution is -0.0965. The molecule has 1 aliphatic heterocycles. The molecule has 120 valence electrons. The van der Waals surface area contributed by atoms with Crippen molar-refractivity contribution < 1.29 is 29.6 Å². The van der Waals surface area contributed by atoms with Crippen molar-refractivity contribution in [1.82, 2.24) is 14.6 Å². The van der Waals surface area contributed by atoms with Gasteiger partial charge in [0.15, 0.2) is 11.4 Å². The molecule has 0 saturated carbocycles. The summed E-state index contributed by atoms with van der Waals surface area (Å²) in [6, 6.07) is 0. The van der Waals surface area contributed by atoms with Crippen molar-refractivity contribution in [2.75, 3.05) is 27.0 Å². The first-order valence-corrected chi connectivity index (χ1v) is 6.28. The number of aromatic hydroxyl groups is 1. The van der Waals surface area contributed by atoms with Crippen LogP contribution in [0.4, 0.5) is 0 Å². The molecular weight excluding hydrogens is 298 g/mol. The van der Waals surface area contributed by atoms with Gasteiger partial charge in [-0.3, -0.25) is 14.6 Å². The maximum atomic E-state index is 12.4. The van der Waals surface area contributed by atoms with Gasteiger partial charge in [-0.25, -0.2) is 4.79 Å². The normalized spacial score (nSPS) is 15.0. The zero-order chi connectivity index (χ0) is 16.4. The molecule has 0 atom stereocenters. The summed E-state index contributed by atoms with van der Waals surface area (Å²) in [4.78, 5) is 35.2. The zero-order valence-electron chi connectivity index (χ0n) is 11.7. The quantitative estimate of drug-likeness (QED) is 0.597. The Hall–Kier alpha value is -2.43. The number of rotatable bonds is 5. The third kappa shape index (κ3) is 2.54. The summed E-state index contributed by atoms with van der Waals surface area (Å²) in [5.74, 6) is -3.17. The van der Waals surface area contributed by atoms with Crippen LogP contribution >= 0.6 is 0 Å². The van der Waals surface area contributed by atoms with E-state index < -0.39 is 35.3 Å². The van der Waals surface area contributed by atoms with E-state index in [1.165, 1.54) is 12.1 Å². The summed E-state index contributed by atoms with van der Waals surface area (Å²) in [7, 11) is 1.44. The lowest BCUT2D eigenvalue weighted by Crippen LogP contribution is -2.54.